The van der Waals surface area contributed by atoms with E-state index in [1.165, 1.54) is 4.90 Å². The van der Waals surface area contributed by atoms with Gasteiger partial charge in [0.2, 0.25) is 5.91 Å². The van der Waals surface area contributed by atoms with Gasteiger partial charge < -0.3 is 20.2 Å². The van der Waals surface area contributed by atoms with Crippen LogP contribution >= 0.6 is 0 Å². The Kier molecular flexibility index (Phi) is 5.14. The quantitative estimate of drug-likeness (QED) is 0.751. The van der Waals surface area contributed by atoms with Gasteiger partial charge in [0.05, 0.1) is 0 Å². The van der Waals surface area contributed by atoms with Crippen molar-refractivity contribution in [3.05, 3.63) is 0 Å². The van der Waals surface area contributed by atoms with Crippen molar-refractivity contribution in [2.24, 2.45) is 5.92 Å². The highest BCUT2D eigenvalue weighted by atomic mass is 16.4. The van der Waals surface area contributed by atoms with Crippen molar-refractivity contribution in [2.45, 2.75) is 26.3 Å². The molecule has 1 rings (SSSR count). The lowest BCUT2D eigenvalue weighted by molar-refractivity contribution is -0.140. The monoisotopic (exact) mass is 271 g/mol. The number of aliphatic carboxylic acids is 1. The summed E-state index contributed by atoms with van der Waals surface area (Å²) in [7, 11) is 1.68. The van der Waals surface area contributed by atoms with E-state index in [1.807, 2.05) is 6.92 Å². The third-order valence-electron chi connectivity index (χ3n) is 3.50. The number of nitrogens with one attached hydrogen (secondary N) is 1. The minimum atomic E-state index is -1.05. The number of likely N-dealkylation sites (N-methyl/N-ethyl adjacent to an activating group) is 1. The van der Waals surface area contributed by atoms with Gasteiger partial charge in [0.1, 0.15) is 12.6 Å². The second-order valence-electron chi connectivity index (χ2n) is 4.89. The standard InChI is InChI=1S/C12H21N3O4/c1-4-8(2)10(11(17)18)13-12(19)15-6-5-14(3)9(16)7-15/h8,10H,4-7H2,1-3H3,(H,13,19)(H,17,18). The number of hydrogen-bond donors (Lipinski definition) is 2. The number of carbonyl (C=O) groups excluding carboxylic acids is 2. The summed E-state index contributed by atoms with van der Waals surface area (Å²) in [5.74, 6) is -1.36. The molecule has 2 unspecified atom stereocenters. The molecule has 7 heteroatoms. The van der Waals surface area contributed by atoms with Crippen LogP contribution in [0, 0.1) is 5.92 Å². The molecule has 0 aromatic carbocycles. The number of urea groups is 1. The van der Waals surface area contributed by atoms with Gasteiger partial charge >= 0.3 is 12.0 Å². The Bertz CT molecular complexity index is 372. The Morgan fingerprint density at radius 3 is 2.53 bits per heavy atom. The molecule has 0 bridgehead atoms. The largest absolute Gasteiger partial charge is 0.480 e. The van der Waals surface area contributed by atoms with Gasteiger partial charge in [0, 0.05) is 20.1 Å². The molecule has 1 aliphatic rings. The van der Waals surface area contributed by atoms with Crippen LogP contribution in [0.2, 0.25) is 0 Å². The maximum atomic E-state index is 12.0. The molecule has 2 atom stereocenters. The van der Waals surface area contributed by atoms with Gasteiger partial charge in [0.25, 0.3) is 0 Å². The van der Waals surface area contributed by atoms with Gasteiger partial charge in [-0.1, -0.05) is 20.3 Å². The van der Waals surface area contributed by atoms with Gasteiger partial charge in [-0.2, -0.15) is 0 Å². The summed E-state index contributed by atoms with van der Waals surface area (Å²) >= 11 is 0. The van der Waals surface area contributed by atoms with Crippen molar-refractivity contribution in [3.8, 4) is 0 Å². The predicted molar refractivity (Wildman–Crippen MR) is 68.6 cm³/mol. The molecule has 0 aliphatic carbocycles. The molecule has 0 saturated carbocycles. The van der Waals surface area contributed by atoms with Crippen LogP contribution in [0.3, 0.4) is 0 Å². The second-order valence-corrected chi connectivity index (χ2v) is 4.89. The van der Waals surface area contributed by atoms with Crippen LogP contribution in [0.15, 0.2) is 0 Å². The molecular formula is C12H21N3O4. The van der Waals surface area contributed by atoms with Crippen LogP contribution in [0.4, 0.5) is 4.79 Å². The summed E-state index contributed by atoms with van der Waals surface area (Å²) < 4.78 is 0. The number of carbonyl (C=O) groups is 3. The fraction of sp³-hybridized carbons (Fsp3) is 0.750. The Hall–Kier alpha value is -1.79. The lowest BCUT2D eigenvalue weighted by Crippen LogP contribution is -2.56. The van der Waals surface area contributed by atoms with Gasteiger partial charge in [-0.3, -0.25) is 4.79 Å². The molecular weight excluding hydrogens is 250 g/mol. The van der Waals surface area contributed by atoms with E-state index in [0.29, 0.717) is 19.5 Å². The first-order chi connectivity index (χ1) is 8.86. The van der Waals surface area contributed by atoms with E-state index < -0.39 is 18.0 Å². The second kappa shape index (κ2) is 6.40. The lowest BCUT2D eigenvalue weighted by atomic mass is 9.99. The average molecular weight is 271 g/mol. The van der Waals surface area contributed by atoms with E-state index in [2.05, 4.69) is 5.32 Å². The normalized spacial score (nSPS) is 19.0. The van der Waals surface area contributed by atoms with Gasteiger partial charge in [0.15, 0.2) is 0 Å². The van der Waals surface area contributed by atoms with E-state index in [9.17, 15) is 14.4 Å². The number of nitrogens with zero attached hydrogens (tertiary/aromatic N) is 2. The van der Waals surface area contributed by atoms with Gasteiger partial charge in [-0.15, -0.1) is 0 Å². The van der Waals surface area contributed by atoms with Crippen LogP contribution in [-0.2, 0) is 9.59 Å². The highest BCUT2D eigenvalue weighted by Gasteiger charge is 2.30. The predicted octanol–water partition coefficient (Wildman–Crippen LogP) is -0.0307. The summed E-state index contributed by atoms with van der Waals surface area (Å²) in [5.41, 5.74) is 0. The lowest BCUT2D eigenvalue weighted by Gasteiger charge is -2.33. The fourth-order valence-electron chi connectivity index (χ4n) is 1.84. The van der Waals surface area contributed by atoms with Crippen molar-refractivity contribution in [3.63, 3.8) is 0 Å². The number of carboxylic acids is 1. The Labute approximate surface area is 112 Å². The summed E-state index contributed by atoms with van der Waals surface area (Å²) in [6, 6.07) is -1.42. The van der Waals surface area contributed by atoms with E-state index in [1.54, 1.807) is 18.9 Å². The van der Waals surface area contributed by atoms with Crippen molar-refractivity contribution in [1.82, 2.24) is 15.1 Å². The van der Waals surface area contributed by atoms with Crippen molar-refractivity contribution >= 4 is 17.9 Å². The summed E-state index contributed by atoms with van der Waals surface area (Å²) in [4.78, 5) is 37.5. The highest BCUT2D eigenvalue weighted by Crippen LogP contribution is 2.09. The Morgan fingerprint density at radius 1 is 1.42 bits per heavy atom. The molecule has 0 aromatic rings. The third-order valence-corrected chi connectivity index (χ3v) is 3.50. The van der Waals surface area contributed by atoms with Crippen LogP contribution < -0.4 is 5.32 Å². The maximum Gasteiger partial charge on any atom is 0.326 e. The topological polar surface area (TPSA) is 90.0 Å². The number of amides is 3. The molecule has 3 amide bonds. The highest BCUT2D eigenvalue weighted by molar-refractivity contribution is 5.87. The SMILES string of the molecule is CCC(C)C(NC(=O)N1CCN(C)C(=O)C1)C(=O)O. The molecule has 1 aliphatic heterocycles. The third kappa shape index (κ3) is 3.84. The fourth-order valence-corrected chi connectivity index (χ4v) is 1.84. The first-order valence-electron chi connectivity index (χ1n) is 6.39. The summed E-state index contributed by atoms with van der Waals surface area (Å²) in [6.07, 6.45) is 0.652. The minimum absolute atomic E-state index is 0.00478. The van der Waals surface area contributed by atoms with Crippen LogP contribution in [0.25, 0.3) is 0 Å². The molecule has 0 aromatic heterocycles. The summed E-state index contributed by atoms with van der Waals surface area (Å²) in [5, 5.41) is 11.6. The Morgan fingerprint density at radius 2 is 2.05 bits per heavy atom. The molecule has 1 fully saturated rings. The molecule has 19 heavy (non-hydrogen) atoms. The molecule has 108 valence electrons. The first kappa shape index (κ1) is 15.3. The van der Waals surface area contributed by atoms with E-state index in [4.69, 9.17) is 5.11 Å². The van der Waals surface area contributed by atoms with Crippen LogP contribution in [0.5, 0.6) is 0 Å². The molecule has 2 N–H and O–H groups in total. The van der Waals surface area contributed by atoms with Crippen molar-refractivity contribution < 1.29 is 19.5 Å². The minimum Gasteiger partial charge on any atom is -0.480 e. The van der Waals surface area contributed by atoms with Crippen LogP contribution in [-0.4, -0.2) is 65.5 Å². The van der Waals surface area contributed by atoms with E-state index >= 15 is 0 Å². The van der Waals surface area contributed by atoms with Crippen molar-refractivity contribution in [2.75, 3.05) is 26.7 Å². The van der Waals surface area contributed by atoms with Crippen LogP contribution in [0.1, 0.15) is 20.3 Å². The smallest absolute Gasteiger partial charge is 0.326 e. The number of hydrogen-bond acceptors (Lipinski definition) is 3. The van der Waals surface area contributed by atoms with Gasteiger partial charge in [-0.25, -0.2) is 9.59 Å². The zero-order valence-electron chi connectivity index (χ0n) is 11.5. The van der Waals surface area contributed by atoms with E-state index in [0.717, 1.165) is 0 Å². The maximum absolute atomic E-state index is 12.0. The average Bonchev–Trinajstić information content (AvgIpc) is 2.37. The zero-order chi connectivity index (χ0) is 14.6. The molecule has 1 heterocycles. The Balaban J connectivity index is 2.62. The molecule has 1 saturated heterocycles. The number of piperazine rings is 1. The zero-order valence-corrected chi connectivity index (χ0v) is 11.5. The molecule has 0 radical (unpaired) electrons. The van der Waals surface area contributed by atoms with E-state index in [-0.39, 0.29) is 18.4 Å². The summed E-state index contributed by atoms with van der Waals surface area (Å²) in [6.45, 7) is 4.52. The van der Waals surface area contributed by atoms with Crippen molar-refractivity contribution in [1.29, 1.82) is 0 Å². The molecule has 7 nitrogen and oxygen atoms in total. The van der Waals surface area contributed by atoms with Gasteiger partial charge in [-0.05, 0) is 5.92 Å². The number of rotatable bonds is 4. The molecule has 0 spiro atoms. The first-order valence-corrected chi connectivity index (χ1v) is 6.39. The number of carboxylic acid groups (broad SMARTS) is 1.